The Morgan fingerprint density at radius 3 is 2.15 bits per heavy atom. The summed E-state index contributed by atoms with van der Waals surface area (Å²) in [7, 11) is 0. The van der Waals surface area contributed by atoms with Crippen molar-refractivity contribution in [1.29, 1.82) is 0 Å². The average molecular weight is 386 g/mol. The summed E-state index contributed by atoms with van der Waals surface area (Å²) in [4.78, 5) is 42.8. The minimum atomic E-state index is -1.35. The Balaban J connectivity index is 3.14. The molecule has 1 rings (SSSR count). The van der Waals surface area contributed by atoms with Crippen LogP contribution in [0.4, 0.5) is 15.4 Å². The summed E-state index contributed by atoms with van der Waals surface area (Å²) in [5.74, 6) is -0.0473. The van der Waals surface area contributed by atoms with E-state index in [1.807, 2.05) is 19.3 Å². The van der Waals surface area contributed by atoms with Crippen LogP contribution in [0.3, 0.4) is 0 Å². The summed E-state index contributed by atoms with van der Waals surface area (Å²) >= 11 is 6.25. The zero-order valence-corrected chi connectivity index (χ0v) is 16.1. The van der Waals surface area contributed by atoms with Gasteiger partial charge in [0.1, 0.15) is 0 Å². The number of nitrogens with zero attached hydrogens (tertiary/aromatic N) is 4. The third-order valence-corrected chi connectivity index (χ3v) is 3.98. The quantitative estimate of drug-likeness (QED) is 0.732. The normalized spacial score (nSPS) is 10.2. The van der Waals surface area contributed by atoms with E-state index in [-0.39, 0.29) is 29.8 Å². The molecule has 0 saturated carbocycles. The molecule has 0 aliphatic carbocycles. The molecular weight excluding hydrogens is 362 g/mol. The number of hydrogen-bond donors (Lipinski definition) is 2. The predicted octanol–water partition coefficient (Wildman–Crippen LogP) is 2.67. The van der Waals surface area contributed by atoms with Crippen molar-refractivity contribution in [2.75, 3.05) is 31.1 Å². The Bertz CT molecular complexity index is 666. The maximum atomic E-state index is 12.6. The van der Waals surface area contributed by atoms with Crippen LogP contribution in [0.25, 0.3) is 0 Å². The second kappa shape index (κ2) is 9.81. The summed E-state index contributed by atoms with van der Waals surface area (Å²) in [6.07, 6.45) is 0.00843. The smallest absolute Gasteiger partial charge is 0.423 e. The second-order valence-electron chi connectivity index (χ2n) is 5.19. The predicted molar refractivity (Wildman–Crippen MR) is 98.5 cm³/mol. The van der Waals surface area contributed by atoms with Gasteiger partial charge in [-0.3, -0.25) is 9.69 Å². The first-order valence-electron chi connectivity index (χ1n) is 8.33. The van der Waals surface area contributed by atoms with E-state index in [9.17, 15) is 14.4 Å². The number of nitrogens with one attached hydrogen (secondary N) is 1. The Kier molecular flexibility index (Phi) is 8.11. The van der Waals surface area contributed by atoms with Gasteiger partial charge in [-0.1, -0.05) is 11.6 Å². The number of carbonyl (C=O) groups is 3. The molecule has 2 N–H and O–H groups in total. The van der Waals surface area contributed by atoms with Crippen LogP contribution < -0.4 is 10.3 Å². The fraction of sp³-hybridized carbons (Fsp3) is 0.500. The molecule has 0 spiro atoms. The molecule has 0 atom stereocenters. The van der Waals surface area contributed by atoms with E-state index < -0.39 is 12.1 Å². The van der Waals surface area contributed by atoms with Crippen molar-refractivity contribution in [1.82, 2.24) is 20.3 Å². The molecule has 0 bridgehead atoms. The standard InChI is InChI=1S/C16H24ClN5O4/c1-5-20(6-2)14(23)11-9-12(17)13(18-10-11)21(7-3)16(26)22(8-4)19-15(24)25/h9-10,19H,5-8H2,1-4H3,(H,24,25). The van der Waals surface area contributed by atoms with Gasteiger partial charge in [0.15, 0.2) is 5.82 Å². The maximum absolute atomic E-state index is 12.6. The number of anilines is 1. The molecule has 1 heterocycles. The number of aromatic nitrogens is 1. The molecule has 0 saturated heterocycles. The van der Waals surface area contributed by atoms with Crippen LogP contribution in [0.15, 0.2) is 12.3 Å². The Morgan fingerprint density at radius 1 is 1.12 bits per heavy atom. The molecule has 26 heavy (non-hydrogen) atoms. The number of urea groups is 1. The average Bonchev–Trinajstić information content (AvgIpc) is 2.62. The lowest BCUT2D eigenvalue weighted by molar-refractivity contribution is 0.0772. The fourth-order valence-corrected chi connectivity index (χ4v) is 2.61. The number of carboxylic acid groups (broad SMARTS) is 1. The molecule has 1 aromatic heterocycles. The lowest BCUT2D eigenvalue weighted by atomic mass is 10.2. The highest BCUT2D eigenvalue weighted by Gasteiger charge is 2.25. The van der Waals surface area contributed by atoms with Crippen LogP contribution in [-0.2, 0) is 0 Å². The highest BCUT2D eigenvalue weighted by Crippen LogP contribution is 2.25. The Morgan fingerprint density at radius 2 is 1.73 bits per heavy atom. The van der Waals surface area contributed by atoms with Crippen LogP contribution in [-0.4, -0.2) is 64.2 Å². The van der Waals surface area contributed by atoms with Gasteiger partial charge in [-0.2, -0.15) is 0 Å². The SMILES string of the molecule is CCN(CC)C(=O)c1cnc(N(CC)C(=O)N(CC)NC(=O)O)c(Cl)c1. The van der Waals surface area contributed by atoms with Gasteiger partial charge in [-0.05, 0) is 33.8 Å². The van der Waals surface area contributed by atoms with E-state index in [0.29, 0.717) is 18.7 Å². The topological polar surface area (TPSA) is 106 Å². The third-order valence-electron chi connectivity index (χ3n) is 3.70. The number of carbonyl (C=O) groups excluding carboxylic acids is 2. The van der Waals surface area contributed by atoms with Crippen LogP contribution >= 0.6 is 11.6 Å². The van der Waals surface area contributed by atoms with Gasteiger partial charge in [0.05, 0.1) is 10.6 Å². The molecule has 0 radical (unpaired) electrons. The molecule has 144 valence electrons. The summed E-state index contributed by atoms with van der Waals surface area (Å²) in [6.45, 7) is 8.53. The first-order chi connectivity index (χ1) is 12.3. The third kappa shape index (κ3) is 4.98. The fourth-order valence-electron chi connectivity index (χ4n) is 2.34. The summed E-state index contributed by atoms with van der Waals surface area (Å²) in [6, 6.07) is 0.844. The number of amides is 4. The van der Waals surface area contributed by atoms with Crippen molar-refractivity contribution in [3.8, 4) is 0 Å². The van der Waals surface area contributed by atoms with Crippen molar-refractivity contribution in [3.05, 3.63) is 22.8 Å². The van der Waals surface area contributed by atoms with Gasteiger partial charge in [0.25, 0.3) is 5.91 Å². The summed E-state index contributed by atoms with van der Waals surface area (Å²) in [5.41, 5.74) is 2.34. The minimum Gasteiger partial charge on any atom is -0.464 e. The van der Waals surface area contributed by atoms with Gasteiger partial charge in [0.2, 0.25) is 0 Å². The highest BCUT2D eigenvalue weighted by molar-refractivity contribution is 6.33. The van der Waals surface area contributed by atoms with Crippen molar-refractivity contribution in [2.24, 2.45) is 0 Å². The molecule has 0 fully saturated rings. The lowest BCUT2D eigenvalue weighted by Crippen LogP contribution is -2.52. The van der Waals surface area contributed by atoms with E-state index in [1.165, 1.54) is 17.2 Å². The van der Waals surface area contributed by atoms with E-state index in [0.717, 1.165) is 5.01 Å². The lowest BCUT2D eigenvalue weighted by Gasteiger charge is -2.28. The van der Waals surface area contributed by atoms with E-state index >= 15 is 0 Å². The molecule has 0 aliphatic heterocycles. The van der Waals surface area contributed by atoms with E-state index in [2.05, 4.69) is 4.98 Å². The minimum absolute atomic E-state index is 0.123. The monoisotopic (exact) mass is 385 g/mol. The first-order valence-corrected chi connectivity index (χ1v) is 8.71. The van der Waals surface area contributed by atoms with Gasteiger partial charge < -0.3 is 10.0 Å². The molecule has 1 aromatic rings. The van der Waals surface area contributed by atoms with Crippen molar-refractivity contribution >= 4 is 35.5 Å². The number of rotatable bonds is 6. The molecular formula is C16H24ClN5O4. The first kappa shape index (κ1) is 21.5. The van der Waals surface area contributed by atoms with Gasteiger partial charge in [-0.15, -0.1) is 0 Å². The Labute approximate surface area is 157 Å². The zero-order valence-electron chi connectivity index (χ0n) is 15.3. The summed E-state index contributed by atoms with van der Waals surface area (Å²) < 4.78 is 0. The Hall–Kier alpha value is -2.55. The van der Waals surface area contributed by atoms with Gasteiger partial charge in [-0.25, -0.2) is 25.0 Å². The largest absolute Gasteiger partial charge is 0.464 e. The molecule has 10 heteroatoms. The van der Waals surface area contributed by atoms with Crippen molar-refractivity contribution in [3.63, 3.8) is 0 Å². The van der Waals surface area contributed by atoms with E-state index in [1.54, 1.807) is 18.7 Å². The molecule has 9 nitrogen and oxygen atoms in total. The number of hydrazine groups is 1. The number of pyridine rings is 1. The van der Waals surface area contributed by atoms with Crippen LogP contribution in [0.5, 0.6) is 0 Å². The van der Waals surface area contributed by atoms with Crippen LogP contribution in [0, 0.1) is 0 Å². The highest BCUT2D eigenvalue weighted by atomic mass is 35.5. The van der Waals surface area contributed by atoms with Crippen LogP contribution in [0.2, 0.25) is 5.02 Å². The maximum Gasteiger partial charge on any atom is 0.423 e. The number of hydrogen-bond acceptors (Lipinski definition) is 4. The zero-order chi connectivity index (χ0) is 19.9. The molecule has 4 amide bonds. The van der Waals surface area contributed by atoms with Gasteiger partial charge >= 0.3 is 12.1 Å². The van der Waals surface area contributed by atoms with E-state index in [4.69, 9.17) is 16.7 Å². The van der Waals surface area contributed by atoms with Crippen LogP contribution in [0.1, 0.15) is 38.1 Å². The molecule has 0 aliphatic rings. The van der Waals surface area contributed by atoms with Crippen molar-refractivity contribution in [2.45, 2.75) is 27.7 Å². The second-order valence-corrected chi connectivity index (χ2v) is 5.60. The molecule has 0 unspecified atom stereocenters. The summed E-state index contributed by atoms with van der Waals surface area (Å²) in [5, 5.41) is 9.89. The molecule has 0 aromatic carbocycles. The van der Waals surface area contributed by atoms with Gasteiger partial charge in [0, 0.05) is 32.4 Å². The van der Waals surface area contributed by atoms with Crippen molar-refractivity contribution < 1.29 is 19.5 Å². The number of halogens is 1.